The summed E-state index contributed by atoms with van der Waals surface area (Å²) in [5.74, 6) is 4.52. The van der Waals surface area contributed by atoms with Crippen LogP contribution < -0.4 is 0 Å². The molecule has 0 spiro atoms. The number of allylic oxidation sites excluding steroid dienone is 1. The van der Waals surface area contributed by atoms with Crippen LogP contribution in [0.4, 0.5) is 5.69 Å². The standard InChI is InChI=1S/C32H48N2O3S2/c1-19(2)7-6-8-20(3)25-11-12-26-24-10-9-21-15-23(35)17-29(32(21,5)27(24)13-14-31(25,26)4)39-30-28(38)16-22(18-33-30)34(36)37/h9,16,18-20,23-27,29,35,38H,6-8,10-15,17H2,1-5H3/t20-,23+,24+,25-,26+,27+,29?,31-,32+/m1/s1. The van der Waals surface area contributed by atoms with Crippen LogP contribution in [0, 0.1) is 56.5 Å². The molecule has 3 fully saturated rings. The highest BCUT2D eigenvalue weighted by Gasteiger charge is 2.61. The molecule has 0 saturated heterocycles. The van der Waals surface area contributed by atoms with Crippen LogP contribution >= 0.6 is 24.4 Å². The first-order chi connectivity index (χ1) is 18.4. The van der Waals surface area contributed by atoms with Crippen molar-refractivity contribution in [3.63, 3.8) is 0 Å². The van der Waals surface area contributed by atoms with E-state index in [9.17, 15) is 15.2 Å². The van der Waals surface area contributed by atoms with Crippen molar-refractivity contribution in [1.29, 1.82) is 0 Å². The number of aromatic nitrogens is 1. The molecule has 0 aliphatic heterocycles. The Morgan fingerprint density at radius 1 is 1.21 bits per heavy atom. The molecule has 39 heavy (non-hydrogen) atoms. The average Bonchev–Trinajstić information content (AvgIpc) is 3.23. The largest absolute Gasteiger partial charge is 0.393 e. The lowest BCUT2D eigenvalue weighted by Crippen LogP contribution is -2.55. The minimum Gasteiger partial charge on any atom is -0.393 e. The third-order valence-corrected chi connectivity index (χ3v) is 13.6. The molecule has 7 heteroatoms. The number of thiol groups is 1. The Balaban J connectivity index is 1.39. The second-order valence-electron chi connectivity index (χ2n) is 14.1. The summed E-state index contributed by atoms with van der Waals surface area (Å²) in [6.07, 6.45) is 15.5. The minimum atomic E-state index is -0.418. The quantitative estimate of drug-likeness (QED) is 0.141. The summed E-state index contributed by atoms with van der Waals surface area (Å²) in [6, 6.07) is 1.51. The molecule has 3 saturated carbocycles. The van der Waals surface area contributed by atoms with Crippen molar-refractivity contribution >= 4 is 30.1 Å². The van der Waals surface area contributed by atoms with Crippen LogP contribution in [0.2, 0.25) is 0 Å². The van der Waals surface area contributed by atoms with E-state index in [1.54, 1.807) is 11.8 Å². The average molecular weight is 573 g/mol. The summed E-state index contributed by atoms with van der Waals surface area (Å²) in [7, 11) is 0. The van der Waals surface area contributed by atoms with Crippen LogP contribution in [0.25, 0.3) is 0 Å². The van der Waals surface area contributed by atoms with Crippen LogP contribution in [0.15, 0.2) is 33.8 Å². The third-order valence-electron chi connectivity index (χ3n) is 11.6. The Labute approximate surface area is 245 Å². The third kappa shape index (κ3) is 5.34. The molecule has 1 N–H and O–H groups in total. The first-order valence-electron chi connectivity index (χ1n) is 15.3. The molecule has 216 valence electrons. The molecule has 0 radical (unpaired) electrons. The van der Waals surface area contributed by atoms with Crippen molar-refractivity contribution in [1.82, 2.24) is 4.98 Å². The number of thioether (sulfide) groups is 1. The summed E-state index contributed by atoms with van der Waals surface area (Å²) in [5, 5.41) is 23.1. The van der Waals surface area contributed by atoms with Crippen molar-refractivity contribution < 1.29 is 10.0 Å². The van der Waals surface area contributed by atoms with E-state index in [0.29, 0.717) is 22.1 Å². The molecule has 0 amide bonds. The van der Waals surface area contributed by atoms with Gasteiger partial charge in [-0.3, -0.25) is 10.1 Å². The van der Waals surface area contributed by atoms with Gasteiger partial charge in [-0.25, -0.2) is 4.98 Å². The number of rotatable bonds is 8. The number of aliphatic hydroxyl groups excluding tert-OH is 1. The van der Waals surface area contributed by atoms with Crippen molar-refractivity contribution in [2.45, 2.75) is 120 Å². The van der Waals surface area contributed by atoms with Gasteiger partial charge in [0.05, 0.1) is 11.0 Å². The molecule has 5 nitrogen and oxygen atoms in total. The number of aliphatic hydroxyl groups is 1. The zero-order valence-electron chi connectivity index (χ0n) is 24.4. The van der Waals surface area contributed by atoms with Gasteiger partial charge in [0.25, 0.3) is 5.69 Å². The first-order valence-corrected chi connectivity index (χ1v) is 16.7. The zero-order chi connectivity index (χ0) is 28.1. The van der Waals surface area contributed by atoms with E-state index in [4.69, 9.17) is 0 Å². The molecule has 0 aromatic carbocycles. The SMILES string of the molecule is CC(C)CCC[C@@H](C)[C@H]1CC[C@H]2[C@@H]3CC=C4C[C@H](O)CC(Sc5ncc([N+](=O)[O-])cc5S)[C@]4(C)[C@H]3CC[C@]12C. The fraction of sp³-hybridized carbons (Fsp3) is 0.781. The number of nitrogens with zero attached hydrogens (tertiary/aromatic N) is 2. The van der Waals surface area contributed by atoms with Gasteiger partial charge in [0, 0.05) is 21.6 Å². The van der Waals surface area contributed by atoms with E-state index in [0.717, 1.165) is 48.0 Å². The van der Waals surface area contributed by atoms with Gasteiger partial charge in [0.15, 0.2) is 0 Å². The second kappa shape index (κ2) is 11.3. The molecule has 4 aliphatic carbocycles. The predicted octanol–water partition coefficient (Wildman–Crippen LogP) is 8.75. The van der Waals surface area contributed by atoms with Crippen LogP contribution in [0.3, 0.4) is 0 Å². The van der Waals surface area contributed by atoms with Gasteiger partial charge in [-0.05, 0) is 85.9 Å². The van der Waals surface area contributed by atoms with E-state index in [-0.39, 0.29) is 22.5 Å². The van der Waals surface area contributed by atoms with Crippen molar-refractivity contribution in [3.05, 3.63) is 34.0 Å². The number of hydrogen-bond acceptors (Lipinski definition) is 6. The fourth-order valence-corrected chi connectivity index (χ4v) is 11.4. The van der Waals surface area contributed by atoms with E-state index < -0.39 is 4.92 Å². The minimum absolute atomic E-state index is 0.00121. The maximum atomic E-state index is 11.2. The lowest BCUT2D eigenvalue weighted by molar-refractivity contribution is -0.385. The van der Waals surface area contributed by atoms with Gasteiger partial charge in [0.2, 0.25) is 0 Å². The molecule has 1 heterocycles. The lowest BCUT2D eigenvalue weighted by atomic mass is 9.46. The van der Waals surface area contributed by atoms with Gasteiger partial charge in [-0.2, -0.15) is 0 Å². The van der Waals surface area contributed by atoms with Gasteiger partial charge < -0.3 is 5.11 Å². The fourth-order valence-electron chi connectivity index (χ4n) is 9.63. The topological polar surface area (TPSA) is 76.3 Å². The van der Waals surface area contributed by atoms with Crippen LogP contribution in [-0.4, -0.2) is 26.4 Å². The molecule has 1 aromatic rings. The van der Waals surface area contributed by atoms with Crippen LogP contribution in [-0.2, 0) is 0 Å². The Bertz CT molecular complexity index is 1110. The molecular weight excluding hydrogens is 524 g/mol. The lowest BCUT2D eigenvalue weighted by Gasteiger charge is -2.60. The Kier molecular flexibility index (Phi) is 8.55. The van der Waals surface area contributed by atoms with E-state index >= 15 is 0 Å². The second-order valence-corrected chi connectivity index (χ2v) is 15.8. The van der Waals surface area contributed by atoms with Gasteiger partial charge in [-0.1, -0.05) is 65.5 Å². The first kappa shape index (κ1) is 29.4. The molecular formula is C32H48N2O3S2. The maximum absolute atomic E-state index is 11.2. The van der Waals surface area contributed by atoms with Gasteiger partial charge >= 0.3 is 0 Å². The van der Waals surface area contributed by atoms with Crippen molar-refractivity contribution in [2.24, 2.45) is 46.3 Å². The molecule has 9 atom stereocenters. The number of fused-ring (bicyclic) bond motifs is 5. The van der Waals surface area contributed by atoms with Crippen LogP contribution in [0.5, 0.6) is 0 Å². The highest BCUT2D eigenvalue weighted by Crippen LogP contribution is 2.68. The highest BCUT2D eigenvalue weighted by atomic mass is 32.2. The summed E-state index contributed by atoms with van der Waals surface area (Å²) in [6.45, 7) is 12.3. The van der Waals surface area contributed by atoms with Gasteiger partial charge in [-0.15, -0.1) is 24.4 Å². The van der Waals surface area contributed by atoms with E-state index in [1.807, 2.05) is 0 Å². The molecule has 1 unspecified atom stereocenters. The number of hydrogen-bond donors (Lipinski definition) is 2. The molecule has 5 rings (SSSR count). The van der Waals surface area contributed by atoms with E-state index in [1.165, 1.54) is 62.8 Å². The maximum Gasteiger partial charge on any atom is 0.288 e. The molecule has 4 aliphatic rings. The number of pyridine rings is 1. The zero-order valence-corrected chi connectivity index (χ0v) is 26.1. The smallest absolute Gasteiger partial charge is 0.288 e. The normalized spacial score (nSPS) is 38.5. The van der Waals surface area contributed by atoms with Crippen molar-refractivity contribution in [3.8, 4) is 0 Å². The van der Waals surface area contributed by atoms with Crippen LogP contribution in [0.1, 0.15) is 98.8 Å². The molecule has 1 aromatic heterocycles. The van der Waals surface area contributed by atoms with E-state index in [2.05, 4.69) is 58.3 Å². The summed E-state index contributed by atoms with van der Waals surface area (Å²) in [5.41, 5.74) is 1.84. The monoisotopic (exact) mass is 572 g/mol. The highest BCUT2D eigenvalue weighted by molar-refractivity contribution is 8.00. The number of nitro groups is 1. The Hall–Kier alpha value is -1.05. The van der Waals surface area contributed by atoms with Crippen molar-refractivity contribution in [2.75, 3.05) is 0 Å². The van der Waals surface area contributed by atoms with Gasteiger partial charge in [0.1, 0.15) is 11.2 Å². The Morgan fingerprint density at radius 3 is 2.67 bits per heavy atom. The Morgan fingerprint density at radius 2 is 1.97 bits per heavy atom. The molecule has 0 bridgehead atoms. The predicted molar refractivity (Wildman–Crippen MR) is 162 cm³/mol. The summed E-state index contributed by atoms with van der Waals surface area (Å²) < 4.78 is 0. The summed E-state index contributed by atoms with van der Waals surface area (Å²) in [4.78, 5) is 15.8. The summed E-state index contributed by atoms with van der Waals surface area (Å²) >= 11 is 6.27.